The summed E-state index contributed by atoms with van der Waals surface area (Å²) in [4.78, 5) is 14.0. The Morgan fingerprint density at radius 1 is 1.17 bits per heavy atom. The molecule has 0 aliphatic rings. The van der Waals surface area contributed by atoms with Gasteiger partial charge in [-0.25, -0.2) is 8.42 Å². The molecular weight excluding hydrogens is 328 g/mol. The summed E-state index contributed by atoms with van der Waals surface area (Å²) in [7, 11) is -3.87. The van der Waals surface area contributed by atoms with Crippen molar-refractivity contribution in [2.24, 2.45) is 0 Å². The molecular formula is C17H20N2O4S. The third-order valence-corrected chi connectivity index (χ3v) is 5.04. The van der Waals surface area contributed by atoms with E-state index in [0.29, 0.717) is 5.92 Å². The summed E-state index contributed by atoms with van der Waals surface area (Å²) in [5.41, 5.74) is 3.32. The number of amides is 1. The number of hydrogen-bond acceptors (Lipinski definition) is 4. The van der Waals surface area contributed by atoms with Gasteiger partial charge < -0.3 is 5.11 Å². The first kappa shape index (κ1) is 18.0. The Morgan fingerprint density at radius 2 is 1.83 bits per heavy atom. The van der Waals surface area contributed by atoms with Crippen molar-refractivity contribution in [2.45, 2.75) is 31.1 Å². The quantitative estimate of drug-likeness (QED) is 0.699. The standard InChI is InChI=1S/C17H20N2O4S/c1-3-12(2)13-7-9-16(10-8-13)24(22,23)19-18-17(21)14-5-4-6-15(20)11-14/h4-12,19-20H,3H2,1-2H3,(H,18,21)/t12-/m1/s1. The molecule has 6 nitrogen and oxygen atoms in total. The number of sulfonamides is 1. The summed E-state index contributed by atoms with van der Waals surface area (Å²) in [5, 5.41) is 9.34. The highest BCUT2D eigenvalue weighted by Gasteiger charge is 2.16. The van der Waals surface area contributed by atoms with Crippen molar-refractivity contribution in [1.29, 1.82) is 0 Å². The SMILES string of the molecule is CC[C@@H](C)c1ccc(S(=O)(=O)NNC(=O)c2cccc(O)c2)cc1. The molecule has 0 aliphatic carbocycles. The molecule has 2 aromatic rings. The van der Waals surface area contributed by atoms with E-state index in [1.165, 1.54) is 36.4 Å². The van der Waals surface area contributed by atoms with Crippen LogP contribution in [0, 0.1) is 0 Å². The van der Waals surface area contributed by atoms with Crippen LogP contribution in [-0.2, 0) is 10.0 Å². The van der Waals surface area contributed by atoms with Crippen LogP contribution in [0.1, 0.15) is 42.1 Å². The van der Waals surface area contributed by atoms with Gasteiger partial charge in [0.05, 0.1) is 4.90 Å². The second-order valence-corrected chi connectivity index (χ2v) is 7.17. The van der Waals surface area contributed by atoms with Gasteiger partial charge in [0.2, 0.25) is 0 Å². The van der Waals surface area contributed by atoms with Crippen molar-refractivity contribution < 1.29 is 18.3 Å². The lowest BCUT2D eigenvalue weighted by Gasteiger charge is -2.11. The van der Waals surface area contributed by atoms with Crippen LogP contribution >= 0.6 is 0 Å². The molecule has 0 aromatic heterocycles. The first-order chi connectivity index (χ1) is 11.3. The molecule has 1 amide bonds. The van der Waals surface area contributed by atoms with E-state index in [0.717, 1.165) is 12.0 Å². The molecule has 0 saturated heterocycles. The third-order valence-electron chi connectivity index (χ3n) is 3.78. The van der Waals surface area contributed by atoms with Gasteiger partial charge in [0.1, 0.15) is 5.75 Å². The van der Waals surface area contributed by atoms with Crippen LogP contribution in [0.4, 0.5) is 0 Å². The highest BCUT2D eigenvalue weighted by atomic mass is 32.2. The molecule has 2 aromatic carbocycles. The number of hydrazine groups is 1. The van der Waals surface area contributed by atoms with Crippen molar-refractivity contribution in [2.75, 3.05) is 0 Å². The summed E-state index contributed by atoms with van der Waals surface area (Å²) in [6.07, 6.45) is 0.963. The Labute approximate surface area is 141 Å². The molecule has 0 aliphatic heterocycles. The van der Waals surface area contributed by atoms with Crippen LogP contribution in [0.25, 0.3) is 0 Å². The average molecular weight is 348 g/mol. The first-order valence-corrected chi connectivity index (χ1v) is 9.03. The van der Waals surface area contributed by atoms with E-state index < -0.39 is 15.9 Å². The lowest BCUT2D eigenvalue weighted by atomic mass is 9.99. The van der Waals surface area contributed by atoms with Gasteiger partial charge in [-0.2, -0.15) is 0 Å². The number of carbonyl (C=O) groups excluding carboxylic acids is 1. The molecule has 7 heteroatoms. The normalized spacial score (nSPS) is 12.6. The Kier molecular flexibility index (Phi) is 5.58. The first-order valence-electron chi connectivity index (χ1n) is 7.54. The monoisotopic (exact) mass is 348 g/mol. The van der Waals surface area contributed by atoms with Gasteiger partial charge in [-0.15, -0.1) is 4.83 Å². The average Bonchev–Trinajstić information content (AvgIpc) is 2.59. The van der Waals surface area contributed by atoms with Gasteiger partial charge in [0.25, 0.3) is 15.9 Å². The van der Waals surface area contributed by atoms with E-state index in [-0.39, 0.29) is 16.2 Å². The number of aromatic hydroxyl groups is 1. The van der Waals surface area contributed by atoms with E-state index in [1.807, 2.05) is 4.83 Å². The predicted molar refractivity (Wildman–Crippen MR) is 91.0 cm³/mol. The molecule has 24 heavy (non-hydrogen) atoms. The molecule has 0 saturated carbocycles. The number of nitrogens with one attached hydrogen (secondary N) is 2. The van der Waals surface area contributed by atoms with Gasteiger partial charge in [-0.05, 0) is 48.2 Å². The highest BCUT2D eigenvalue weighted by molar-refractivity contribution is 7.89. The zero-order valence-corrected chi connectivity index (χ0v) is 14.3. The van der Waals surface area contributed by atoms with E-state index in [4.69, 9.17) is 0 Å². The summed E-state index contributed by atoms with van der Waals surface area (Å²) >= 11 is 0. The molecule has 0 radical (unpaired) electrons. The molecule has 128 valence electrons. The fourth-order valence-electron chi connectivity index (χ4n) is 2.10. The minimum absolute atomic E-state index is 0.0609. The lowest BCUT2D eigenvalue weighted by Crippen LogP contribution is -2.41. The Balaban J connectivity index is 2.07. The maximum atomic E-state index is 12.2. The molecule has 0 heterocycles. The van der Waals surface area contributed by atoms with Crippen LogP contribution in [0.2, 0.25) is 0 Å². The number of benzene rings is 2. The topological polar surface area (TPSA) is 95.5 Å². The summed E-state index contributed by atoms with van der Waals surface area (Å²) in [6.45, 7) is 4.13. The number of hydrogen-bond donors (Lipinski definition) is 3. The Bertz CT molecular complexity index is 817. The summed E-state index contributed by atoms with van der Waals surface area (Å²) in [6, 6.07) is 12.1. The maximum Gasteiger partial charge on any atom is 0.266 e. The molecule has 0 bridgehead atoms. The number of rotatable bonds is 6. The molecule has 0 spiro atoms. The fourth-order valence-corrected chi connectivity index (χ4v) is 2.94. The molecule has 0 fully saturated rings. The molecule has 3 N–H and O–H groups in total. The third kappa shape index (κ3) is 4.33. The number of carbonyl (C=O) groups is 1. The van der Waals surface area contributed by atoms with E-state index in [9.17, 15) is 18.3 Å². The largest absolute Gasteiger partial charge is 0.508 e. The minimum Gasteiger partial charge on any atom is -0.508 e. The smallest absolute Gasteiger partial charge is 0.266 e. The van der Waals surface area contributed by atoms with Crippen LogP contribution in [0.3, 0.4) is 0 Å². The zero-order valence-electron chi connectivity index (χ0n) is 13.5. The van der Waals surface area contributed by atoms with Crippen LogP contribution in [0.15, 0.2) is 53.4 Å². The van der Waals surface area contributed by atoms with Gasteiger partial charge >= 0.3 is 0 Å². The molecule has 2 rings (SSSR count). The highest BCUT2D eigenvalue weighted by Crippen LogP contribution is 2.20. The Morgan fingerprint density at radius 3 is 2.42 bits per heavy atom. The predicted octanol–water partition coefficient (Wildman–Crippen LogP) is 2.53. The van der Waals surface area contributed by atoms with E-state index in [2.05, 4.69) is 19.3 Å². The van der Waals surface area contributed by atoms with Crippen LogP contribution in [0.5, 0.6) is 5.75 Å². The van der Waals surface area contributed by atoms with Crippen LogP contribution in [-0.4, -0.2) is 19.4 Å². The van der Waals surface area contributed by atoms with Crippen LogP contribution < -0.4 is 10.3 Å². The molecule has 1 atom stereocenters. The molecule has 0 unspecified atom stereocenters. The number of phenols is 1. The van der Waals surface area contributed by atoms with Crippen molar-refractivity contribution in [3.05, 3.63) is 59.7 Å². The fraction of sp³-hybridized carbons (Fsp3) is 0.235. The lowest BCUT2D eigenvalue weighted by molar-refractivity contribution is 0.0944. The minimum atomic E-state index is -3.87. The second kappa shape index (κ2) is 7.46. The van der Waals surface area contributed by atoms with Crippen molar-refractivity contribution in [3.63, 3.8) is 0 Å². The van der Waals surface area contributed by atoms with Gasteiger partial charge in [0.15, 0.2) is 0 Å². The van der Waals surface area contributed by atoms with E-state index >= 15 is 0 Å². The van der Waals surface area contributed by atoms with Gasteiger partial charge in [0, 0.05) is 5.56 Å². The zero-order chi connectivity index (χ0) is 17.7. The van der Waals surface area contributed by atoms with Gasteiger partial charge in [-0.1, -0.05) is 32.0 Å². The van der Waals surface area contributed by atoms with Crippen molar-refractivity contribution >= 4 is 15.9 Å². The van der Waals surface area contributed by atoms with E-state index in [1.54, 1.807) is 12.1 Å². The Hall–Kier alpha value is -2.38. The van der Waals surface area contributed by atoms with Crippen molar-refractivity contribution in [1.82, 2.24) is 10.3 Å². The van der Waals surface area contributed by atoms with Crippen molar-refractivity contribution in [3.8, 4) is 5.75 Å². The van der Waals surface area contributed by atoms with Gasteiger partial charge in [-0.3, -0.25) is 10.2 Å². The summed E-state index contributed by atoms with van der Waals surface area (Å²) in [5.74, 6) is -0.392. The number of phenolic OH excluding ortho intramolecular Hbond substituents is 1. The maximum absolute atomic E-state index is 12.2. The second-order valence-electron chi connectivity index (χ2n) is 5.49. The summed E-state index contributed by atoms with van der Waals surface area (Å²) < 4.78 is 24.4.